The Morgan fingerprint density at radius 1 is 1.25 bits per heavy atom. The second kappa shape index (κ2) is 4.48. The molecule has 0 bridgehead atoms. The molecule has 1 aromatic carbocycles. The highest BCUT2D eigenvalue weighted by Crippen LogP contribution is 2.35. The Balaban J connectivity index is 2.15. The average Bonchev–Trinajstić information content (AvgIpc) is 2.25. The lowest BCUT2D eigenvalue weighted by atomic mass is 9.74. The molecular formula is C15H22O. The molecule has 1 aliphatic carbocycles. The van der Waals surface area contributed by atoms with Crippen molar-refractivity contribution in [3.63, 3.8) is 0 Å². The Morgan fingerprint density at radius 2 is 2.06 bits per heavy atom. The topological polar surface area (TPSA) is 9.23 Å². The first-order valence-electron chi connectivity index (χ1n) is 6.35. The molecule has 0 saturated heterocycles. The molecule has 0 N–H and O–H groups in total. The van der Waals surface area contributed by atoms with Crippen molar-refractivity contribution >= 4 is 0 Å². The number of hydrogen-bond donors (Lipinski definition) is 0. The van der Waals surface area contributed by atoms with Crippen molar-refractivity contribution in [1.82, 2.24) is 0 Å². The van der Waals surface area contributed by atoms with E-state index >= 15 is 0 Å². The summed E-state index contributed by atoms with van der Waals surface area (Å²) in [5, 5.41) is 0. The van der Waals surface area contributed by atoms with Crippen LogP contribution in [0.2, 0.25) is 0 Å². The maximum Gasteiger partial charge on any atom is 0.119 e. The molecule has 0 spiro atoms. The first-order chi connectivity index (χ1) is 7.61. The molecule has 1 aromatic rings. The lowest BCUT2D eigenvalue weighted by Crippen LogP contribution is -2.22. The molecule has 1 nitrogen and oxygen atoms in total. The van der Waals surface area contributed by atoms with Crippen LogP contribution in [0.1, 0.15) is 44.7 Å². The minimum Gasteiger partial charge on any atom is -0.494 e. The van der Waals surface area contributed by atoms with Crippen molar-refractivity contribution < 1.29 is 4.74 Å². The van der Waals surface area contributed by atoms with E-state index in [1.165, 1.54) is 30.4 Å². The van der Waals surface area contributed by atoms with Gasteiger partial charge < -0.3 is 4.74 Å². The van der Waals surface area contributed by atoms with E-state index in [9.17, 15) is 0 Å². The normalized spacial score (nSPS) is 17.9. The van der Waals surface area contributed by atoms with Crippen LogP contribution in [0.4, 0.5) is 0 Å². The van der Waals surface area contributed by atoms with Gasteiger partial charge in [-0.05, 0) is 54.4 Å². The van der Waals surface area contributed by atoms with Crippen LogP contribution in [-0.4, -0.2) is 6.61 Å². The summed E-state index contributed by atoms with van der Waals surface area (Å²) in [5.41, 5.74) is 3.48. The molecule has 0 amide bonds. The fourth-order valence-corrected chi connectivity index (χ4v) is 2.39. The van der Waals surface area contributed by atoms with E-state index in [1.807, 2.05) is 0 Å². The predicted molar refractivity (Wildman–Crippen MR) is 68.0 cm³/mol. The first kappa shape index (κ1) is 11.5. The highest BCUT2D eigenvalue weighted by molar-refractivity contribution is 5.38. The first-order valence-corrected chi connectivity index (χ1v) is 6.35. The molecule has 0 unspecified atom stereocenters. The number of benzene rings is 1. The lowest BCUT2D eigenvalue weighted by Gasteiger charge is -2.31. The van der Waals surface area contributed by atoms with Gasteiger partial charge in [-0.15, -0.1) is 0 Å². The molecule has 88 valence electrons. The second-order valence-electron chi connectivity index (χ2n) is 5.62. The molecule has 0 aromatic heterocycles. The number of rotatable bonds is 3. The predicted octanol–water partition coefficient (Wildman–Crippen LogP) is 3.99. The highest BCUT2D eigenvalue weighted by Gasteiger charge is 2.25. The Hall–Kier alpha value is -0.980. The third kappa shape index (κ3) is 2.58. The number of fused-ring (bicyclic) bond motifs is 1. The molecule has 2 rings (SSSR count). The van der Waals surface area contributed by atoms with Gasteiger partial charge in [0.15, 0.2) is 0 Å². The Bertz CT molecular complexity index is 366. The van der Waals surface area contributed by atoms with Crippen molar-refractivity contribution in [2.24, 2.45) is 5.41 Å². The monoisotopic (exact) mass is 218 g/mol. The maximum absolute atomic E-state index is 5.67. The van der Waals surface area contributed by atoms with Crippen molar-refractivity contribution in [3.05, 3.63) is 29.3 Å². The molecule has 0 heterocycles. The average molecular weight is 218 g/mol. The number of ether oxygens (including phenoxy) is 1. The summed E-state index contributed by atoms with van der Waals surface area (Å²) in [6.45, 7) is 7.68. The second-order valence-corrected chi connectivity index (χ2v) is 5.62. The van der Waals surface area contributed by atoms with E-state index < -0.39 is 0 Å². The van der Waals surface area contributed by atoms with Gasteiger partial charge in [0.1, 0.15) is 5.75 Å². The maximum atomic E-state index is 5.67. The largest absolute Gasteiger partial charge is 0.494 e. The SMILES string of the molecule is CCCOc1ccc2c(c1)CCC(C)(C)C2. The van der Waals surface area contributed by atoms with E-state index in [1.54, 1.807) is 0 Å². The summed E-state index contributed by atoms with van der Waals surface area (Å²) in [7, 11) is 0. The summed E-state index contributed by atoms with van der Waals surface area (Å²) in [6.07, 6.45) is 4.77. The minimum atomic E-state index is 0.471. The van der Waals surface area contributed by atoms with Crippen LogP contribution in [0, 0.1) is 5.41 Å². The lowest BCUT2D eigenvalue weighted by molar-refractivity contribution is 0.306. The van der Waals surface area contributed by atoms with Crippen LogP contribution in [0.5, 0.6) is 5.75 Å². The van der Waals surface area contributed by atoms with E-state index in [-0.39, 0.29) is 0 Å². The molecular weight excluding hydrogens is 196 g/mol. The Morgan fingerprint density at radius 3 is 2.81 bits per heavy atom. The van der Waals surface area contributed by atoms with E-state index in [4.69, 9.17) is 4.74 Å². The van der Waals surface area contributed by atoms with Crippen LogP contribution < -0.4 is 4.74 Å². The van der Waals surface area contributed by atoms with E-state index in [0.717, 1.165) is 18.8 Å². The third-order valence-corrected chi connectivity index (χ3v) is 3.39. The molecule has 0 aliphatic heterocycles. The van der Waals surface area contributed by atoms with Crippen molar-refractivity contribution in [1.29, 1.82) is 0 Å². The fraction of sp³-hybridized carbons (Fsp3) is 0.600. The van der Waals surface area contributed by atoms with Crippen LogP contribution in [0.15, 0.2) is 18.2 Å². The summed E-state index contributed by atoms with van der Waals surface area (Å²) >= 11 is 0. The minimum absolute atomic E-state index is 0.471. The summed E-state index contributed by atoms with van der Waals surface area (Å²) < 4.78 is 5.67. The van der Waals surface area contributed by atoms with E-state index in [2.05, 4.69) is 39.0 Å². The standard InChI is InChI=1S/C15H22O/c1-4-9-16-14-6-5-13-11-15(2,3)8-7-12(13)10-14/h5-6,10H,4,7-9,11H2,1-3H3. The van der Waals surface area contributed by atoms with Gasteiger partial charge in [-0.1, -0.05) is 26.8 Å². The van der Waals surface area contributed by atoms with Crippen LogP contribution in [0.3, 0.4) is 0 Å². The molecule has 1 aliphatic rings. The van der Waals surface area contributed by atoms with Crippen LogP contribution >= 0.6 is 0 Å². The van der Waals surface area contributed by atoms with Gasteiger partial charge in [-0.2, -0.15) is 0 Å². The van der Waals surface area contributed by atoms with Gasteiger partial charge >= 0.3 is 0 Å². The number of aryl methyl sites for hydroxylation is 1. The third-order valence-electron chi connectivity index (χ3n) is 3.39. The molecule has 0 radical (unpaired) electrons. The van der Waals surface area contributed by atoms with Crippen molar-refractivity contribution in [3.8, 4) is 5.75 Å². The van der Waals surface area contributed by atoms with Crippen molar-refractivity contribution in [2.75, 3.05) is 6.61 Å². The summed E-state index contributed by atoms with van der Waals surface area (Å²) in [5.74, 6) is 1.04. The molecule has 0 atom stereocenters. The summed E-state index contributed by atoms with van der Waals surface area (Å²) in [6, 6.07) is 6.61. The zero-order valence-electron chi connectivity index (χ0n) is 10.7. The summed E-state index contributed by atoms with van der Waals surface area (Å²) in [4.78, 5) is 0. The van der Waals surface area contributed by atoms with E-state index in [0.29, 0.717) is 5.41 Å². The Kier molecular flexibility index (Phi) is 3.22. The van der Waals surface area contributed by atoms with Gasteiger partial charge in [-0.3, -0.25) is 0 Å². The Labute approximate surface area is 98.8 Å². The molecule has 0 fully saturated rings. The van der Waals surface area contributed by atoms with Gasteiger partial charge in [0, 0.05) is 0 Å². The molecule has 16 heavy (non-hydrogen) atoms. The zero-order valence-corrected chi connectivity index (χ0v) is 10.7. The quantitative estimate of drug-likeness (QED) is 0.745. The smallest absolute Gasteiger partial charge is 0.119 e. The zero-order chi connectivity index (χ0) is 11.6. The van der Waals surface area contributed by atoms with Crippen LogP contribution in [-0.2, 0) is 12.8 Å². The van der Waals surface area contributed by atoms with Gasteiger partial charge in [0.05, 0.1) is 6.61 Å². The van der Waals surface area contributed by atoms with Gasteiger partial charge in [-0.25, -0.2) is 0 Å². The molecule has 1 heteroatoms. The van der Waals surface area contributed by atoms with Crippen molar-refractivity contribution in [2.45, 2.75) is 46.5 Å². The fourth-order valence-electron chi connectivity index (χ4n) is 2.39. The number of hydrogen-bond acceptors (Lipinski definition) is 1. The molecule has 0 saturated carbocycles. The highest BCUT2D eigenvalue weighted by atomic mass is 16.5. The van der Waals surface area contributed by atoms with Crippen LogP contribution in [0.25, 0.3) is 0 Å². The van der Waals surface area contributed by atoms with Gasteiger partial charge in [0.25, 0.3) is 0 Å². The van der Waals surface area contributed by atoms with Gasteiger partial charge in [0.2, 0.25) is 0 Å².